The molecule has 0 aromatic rings. The second kappa shape index (κ2) is 33.0. The molecule has 280 valence electrons. The first-order valence-corrected chi connectivity index (χ1v) is 21.2. The predicted molar refractivity (Wildman–Crippen MR) is 214 cm³/mol. The molecule has 1 fully saturated rings. The summed E-state index contributed by atoms with van der Waals surface area (Å²) in [6.07, 6.45) is 55.1. The van der Waals surface area contributed by atoms with E-state index in [1.54, 1.807) is 0 Å². The number of unbranched alkanes of at least 4 members (excludes halogenated alkanes) is 18. The summed E-state index contributed by atoms with van der Waals surface area (Å²) >= 11 is 0. The Hall–Kier alpha value is -1.16. The van der Waals surface area contributed by atoms with Crippen LogP contribution in [0.3, 0.4) is 0 Å². The SMILES string of the molecule is CCCCC/C=C\C/C=C\CCCCCCCCC(O)(CCCCCCCC/C=C\C/C=C\CCCCC)OC1CCC(N(C)C)CC1. The maximum atomic E-state index is 11.7. The van der Waals surface area contributed by atoms with Crippen molar-refractivity contribution in [2.75, 3.05) is 14.1 Å². The van der Waals surface area contributed by atoms with Crippen LogP contribution in [0, 0.1) is 0 Å². The number of ether oxygens (including phenoxy) is 1. The molecule has 48 heavy (non-hydrogen) atoms. The zero-order chi connectivity index (χ0) is 34.8. The number of hydrogen-bond donors (Lipinski definition) is 1. The highest BCUT2D eigenvalue weighted by molar-refractivity contribution is 4.93. The molecule has 0 aliphatic heterocycles. The van der Waals surface area contributed by atoms with Crippen LogP contribution in [0.1, 0.15) is 206 Å². The molecule has 1 rings (SSSR count). The minimum atomic E-state index is -0.930. The monoisotopic (exact) mass is 670 g/mol. The van der Waals surface area contributed by atoms with Gasteiger partial charge in [-0.2, -0.15) is 0 Å². The fourth-order valence-corrected chi connectivity index (χ4v) is 7.01. The zero-order valence-electron chi connectivity index (χ0n) is 32.8. The minimum absolute atomic E-state index is 0.223. The average Bonchev–Trinajstić information content (AvgIpc) is 3.08. The van der Waals surface area contributed by atoms with Gasteiger partial charge < -0.3 is 14.7 Å². The minimum Gasteiger partial charge on any atom is -0.365 e. The summed E-state index contributed by atoms with van der Waals surface area (Å²) in [7, 11) is 4.39. The van der Waals surface area contributed by atoms with Gasteiger partial charge in [0.1, 0.15) is 0 Å². The largest absolute Gasteiger partial charge is 0.365 e. The molecular weight excluding hydrogens is 587 g/mol. The van der Waals surface area contributed by atoms with Gasteiger partial charge in [0.2, 0.25) is 0 Å². The van der Waals surface area contributed by atoms with Crippen molar-refractivity contribution in [2.45, 2.75) is 224 Å². The molecule has 0 saturated heterocycles. The van der Waals surface area contributed by atoms with E-state index in [0.717, 1.165) is 51.4 Å². The molecule has 3 nitrogen and oxygen atoms in total. The van der Waals surface area contributed by atoms with Gasteiger partial charge in [0.25, 0.3) is 0 Å². The molecule has 0 atom stereocenters. The maximum Gasteiger partial charge on any atom is 0.165 e. The number of hydrogen-bond acceptors (Lipinski definition) is 3. The van der Waals surface area contributed by atoms with E-state index in [4.69, 9.17) is 4.74 Å². The zero-order valence-corrected chi connectivity index (χ0v) is 32.8. The highest BCUT2D eigenvalue weighted by Gasteiger charge is 2.33. The van der Waals surface area contributed by atoms with Crippen LogP contribution in [-0.4, -0.2) is 42.0 Å². The molecule has 0 spiro atoms. The summed E-state index contributed by atoms with van der Waals surface area (Å²) in [6, 6.07) is 0.665. The van der Waals surface area contributed by atoms with Crippen molar-refractivity contribution in [1.29, 1.82) is 0 Å². The first-order valence-electron chi connectivity index (χ1n) is 21.2. The Morgan fingerprint density at radius 3 is 1.23 bits per heavy atom. The quantitative estimate of drug-likeness (QED) is 0.0429. The summed E-state index contributed by atoms with van der Waals surface area (Å²) in [5, 5.41) is 11.7. The number of rotatable bonds is 33. The van der Waals surface area contributed by atoms with E-state index in [1.165, 1.54) is 141 Å². The van der Waals surface area contributed by atoms with Gasteiger partial charge in [-0.3, -0.25) is 0 Å². The lowest BCUT2D eigenvalue weighted by atomic mass is 9.91. The van der Waals surface area contributed by atoms with Crippen LogP contribution in [0.2, 0.25) is 0 Å². The molecule has 3 heteroatoms. The van der Waals surface area contributed by atoms with Crippen molar-refractivity contribution < 1.29 is 9.84 Å². The molecule has 0 aromatic heterocycles. The van der Waals surface area contributed by atoms with Gasteiger partial charge >= 0.3 is 0 Å². The Labute approximate surface area is 301 Å². The molecule has 0 radical (unpaired) electrons. The van der Waals surface area contributed by atoms with E-state index in [0.29, 0.717) is 6.04 Å². The van der Waals surface area contributed by atoms with E-state index in [-0.39, 0.29) is 6.10 Å². The second-order valence-corrected chi connectivity index (χ2v) is 15.1. The maximum absolute atomic E-state index is 11.7. The van der Waals surface area contributed by atoms with Crippen LogP contribution in [0.25, 0.3) is 0 Å². The molecule has 1 aliphatic rings. The van der Waals surface area contributed by atoms with Gasteiger partial charge in [0, 0.05) is 18.9 Å². The molecule has 0 heterocycles. The Morgan fingerprint density at radius 1 is 0.500 bits per heavy atom. The fourth-order valence-electron chi connectivity index (χ4n) is 7.01. The van der Waals surface area contributed by atoms with Crippen molar-refractivity contribution in [3.63, 3.8) is 0 Å². The third kappa shape index (κ3) is 27.6. The lowest BCUT2D eigenvalue weighted by Gasteiger charge is -2.38. The smallest absolute Gasteiger partial charge is 0.165 e. The van der Waals surface area contributed by atoms with Crippen LogP contribution >= 0.6 is 0 Å². The third-order valence-electron chi connectivity index (χ3n) is 10.3. The van der Waals surface area contributed by atoms with Crippen LogP contribution in [0.4, 0.5) is 0 Å². The first kappa shape index (κ1) is 44.9. The Balaban J connectivity index is 2.23. The predicted octanol–water partition coefficient (Wildman–Crippen LogP) is 14.0. The lowest BCUT2D eigenvalue weighted by molar-refractivity contribution is -0.244. The number of aliphatic hydroxyl groups is 1. The van der Waals surface area contributed by atoms with Crippen molar-refractivity contribution in [1.82, 2.24) is 4.90 Å². The van der Waals surface area contributed by atoms with Crippen molar-refractivity contribution >= 4 is 0 Å². The first-order chi connectivity index (χ1) is 23.5. The van der Waals surface area contributed by atoms with Crippen molar-refractivity contribution in [2.24, 2.45) is 0 Å². The molecule has 1 saturated carbocycles. The second-order valence-electron chi connectivity index (χ2n) is 15.1. The van der Waals surface area contributed by atoms with Gasteiger partial charge in [0.15, 0.2) is 5.79 Å². The molecule has 0 aromatic carbocycles. The van der Waals surface area contributed by atoms with E-state index < -0.39 is 5.79 Å². The topological polar surface area (TPSA) is 32.7 Å². The molecule has 0 unspecified atom stereocenters. The van der Waals surface area contributed by atoms with E-state index >= 15 is 0 Å². The average molecular weight is 670 g/mol. The molecular formula is C45H83NO2. The van der Waals surface area contributed by atoms with Gasteiger partial charge in [-0.05, 0) is 117 Å². The van der Waals surface area contributed by atoms with Crippen LogP contribution in [-0.2, 0) is 4.74 Å². The van der Waals surface area contributed by atoms with Crippen LogP contribution in [0.15, 0.2) is 48.6 Å². The Kier molecular flexibility index (Phi) is 30.9. The molecule has 1 aliphatic carbocycles. The Bertz CT molecular complexity index is 741. The highest BCUT2D eigenvalue weighted by Crippen LogP contribution is 2.32. The van der Waals surface area contributed by atoms with Gasteiger partial charge in [-0.15, -0.1) is 0 Å². The molecule has 1 N–H and O–H groups in total. The van der Waals surface area contributed by atoms with Crippen LogP contribution < -0.4 is 0 Å². The molecule has 0 bridgehead atoms. The summed E-state index contributed by atoms with van der Waals surface area (Å²) in [6.45, 7) is 4.53. The molecule has 0 amide bonds. The Morgan fingerprint density at radius 2 is 0.854 bits per heavy atom. The summed E-state index contributed by atoms with van der Waals surface area (Å²) in [5.74, 6) is -0.930. The number of allylic oxidation sites excluding steroid dienone is 8. The van der Waals surface area contributed by atoms with E-state index in [2.05, 4.69) is 81.5 Å². The lowest BCUT2D eigenvalue weighted by Crippen LogP contribution is -2.41. The highest BCUT2D eigenvalue weighted by atomic mass is 16.6. The van der Waals surface area contributed by atoms with E-state index in [9.17, 15) is 5.11 Å². The van der Waals surface area contributed by atoms with Gasteiger partial charge in [0.05, 0.1) is 6.10 Å². The van der Waals surface area contributed by atoms with Crippen molar-refractivity contribution in [3.8, 4) is 0 Å². The van der Waals surface area contributed by atoms with Gasteiger partial charge in [-0.1, -0.05) is 140 Å². The number of nitrogens with zero attached hydrogens (tertiary/aromatic N) is 1. The fraction of sp³-hybridized carbons (Fsp3) is 0.822. The standard InChI is InChI=1S/C45H83NO2/c1-5-7-9-11-13-15-17-19-21-23-25-27-29-31-33-35-41-45(47,48-44-39-37-43(38-40-44)46(3)4)42-36-34-32-30-28-26-24-22-20-18-16-14-12-10-8-6-2/h13-16,19-22,43-44,47H,5-12,17-18,23-42H2,1-4H3/b15-13-,16-14-,21-19-,22-20-. The van der Waals surface area contributed by atoms with Crippen molar-refractivity contribution in [3.05, 3.63) is 48.6 Å². The summed E-state index contributed by atoms with van der Waals surface area (Å²) in [4.78, 5) is 2.36. The summed E-state index contributed by atoms with van der Waals surface area (Å²) in [5.41, 5.74) is 0. The summed E-state index contributed by atoms with van der Waals surface area (Å²) < 4.78 is 6.57. The third-order valence-corrected chi connectivity index (χ3v) is 10.3. The normalized spacial score (nSPS) is 17.8. The van der Waals surface area contributed by atoms with Gasteiger partial charge in [-0.25, -0.2) is 0 Å². The van der Waals surface area contributed by atoms with Crippen LogP contribution in [0.5, 0.6) is 0 Å². The van der Waals surface area contributed by atoms with E-state index in [1.807, 2.05) is 0 Å².